The van der Waals surface area contributed by atoms with Gasteiger partial charge in [-0.3, -0.25) is 0 Å². The van der Waals surface area contributed by atoms with Crippen molar-refractivity contribution in [2.75, 3.05) is 13.2 Å². The van der Waals surface area contributed by atoms with Crippen molar-refractivity contribution < 1.29 is 0 Å². The molecule has 2 aromatic rings. The Hall–Kier alpha value is -2.29. The smallest absolute Gasteiger partial charge is 0.0746 e. The minimum atomic E-state index is 0.340. The van der Waals surface area contributed by atoms with Gasteiger partial charge in [0.25, 0.3) is 0 Å². The van der Waals surface area contributed by atoms with E-state index >= 15 is 0 Å². The van der Waals surface area contributed by atoms with Gasteiger partial charge in [-0.2, -0.15) is 0 Å². The van der Waals surface area contributed by atoms with Crippen LogP contribution in [0.15, 0.2) is 65.8 Å². The Morgan fingerprint density at radius 2 is 1.50 bits per heavy atom. The highest BCUT2D eigenvalue weighted by Crippen LogP contribution is 2.27. The first-order chi connectivity index (χ1) is 9.92. The van der Waals surface area contributed by atoms with Crippen LogP contribution < -0.4 is 5.32 Å². The van der Waals surface area contributed by atoms with E-state index in [9.17, 15) is 0 Å². The molecule has 0 spiro atoms. The van der Waals surface area contributed by atoms with Crippen molar-refractivity contribution in [2.45, 2.75) is 12.3 Å². The van der Waals surface area contributed by atoms with Crippen LogP contribution in [0.1, 0.15) is 23.5 Å². The van der Waals surface area contributed by atoms with Crippen LogP contribution in [0.2, 0.25) is 0 Å². The van der Waals surface area contributed by atoms with E-state index in [1.54, 1.807) is 0 Å². The highest BCUT2D eigenvalue weighted by Gasteiger charge is 2.12. The number of hydrogen-bond acceptors (Lipinski definition) is 2. The van der Waals surface area contributed by atoms with Gasteiger partial charge in [-0.15, -0.1) is 0 Å². The molecule has 0 atom stereocenters. The Kier molecular flexibility index (Phi) is 5.65. The molecule has 0 aliphatic carbocycles. The molecule has 2 aromatic carbocycles. The molecule has 0 unspecified atom stereocenters. The second-order valence-corrected chi connectivity index (χ2v) is 4.55. The maximum absolute atomic E-state index is 8.25. The van der Waals surface area contributed by atoms with E-state index < -0.39 is 0 Å². The Labute approximate surface area is 119 Å². The predicted octanol–water partition coefficient (Wildman–Crippen LogP) is 4.07. The predicted molar refractivity (Wildman–Crippen MR) is 81.4 cm³/mol. The molecule has 0 bridgehead atoms. The summed E-state index contributed by atoms with van der Waals surface area (Å²) in [5, 5.41) is 6.62. The molecule has 0 aromatic heterocycles. The van der Waals surface area contributed by atoms with Crippen molar-refractivity contribution in [2.24, 2.45) is 5.11 Å². The van der Waals surface area contributed by atoms with Crippen molar-refractivity contribution in [3.05, 3.63) is 82.2 Å². The van der Waals surface area contributed by atoms with E-state index in [4.69, 9.17) is 5.53 Å². The molecule has 0 aliphatic rings. The first-order valence-corrected chi connectivity index (χ1v) is 6.73. The highest BCUT2D eigenvalue weighted by molar-refractivity contribution is 5.32. The van der Waals surface area contributed by atoms with Crippen LogP contribution in [-0.4, -0.2) is 13.2 Å². The molecule has 0 aliphatic heterocycles. The molecular formula is C16H18N4. The molecule has 4 nitrogen and oxygen atoms in total. The van der Waals surface area contributed by atoms with Gasteiger partial charge in [0.05, 0.1) is 6.67 Å². The lowest BCUT2D eigenvalue weighted by Gasteiger charge is -2.18. The minimum absolute atomic E-state index is 0.340. The van der Waals surface area contributed by atoms with Crippen LogP contribution in [0.4, 0.5) is 0 Å². The fourth-order valence-corrected chi connectivity index (χ4v) is 2.30. The van der Waals surface area contributed by atoms with Gasteiger partial charge in [0.2, 0.25) is 0 Å². The first-order valence-electron chi connectivity index (χ1n) is 6.73. The molecule has 0 amide bonds. The van der Waals surface area contributed by atoms with Crippen LogP contribution >= 0.6 is 0 Å². The second kappa shape index (κ2) is 8.00. The number of nitrogens with one attached hydrogen (secondary N) is 1. The standard InChI is InChI=1S/C16H18N4/c17-20-19-13-18-12-11-16(14-7-3-1-4-8-14)15-9-5-2-6-10-15/h1-10,16,18H,11-13H2. The third kappa shape index (κ3) is 4.12. The normalized spacial score (nSPS) is 10.2. The van der Waals surface area contributed by atoms with Gasteiger partial charge in [0, 0.05) is 10.8 Å². The van der Waals surface area contributed by atoms with Gasteiger partial charge >= 0.3 is 0 Å². The summed E-state index contributed by atoms with van der Waals surface area (Å²) in [6.45, 7) is 1.15. The maximum Gasteiger partial charge on any atom is 0.0746 e. The van der Waals surface area contributed by atoms with Crippen LogP contribution in [-0.2, 0) is 0 Å². The van der Waals surface area contributed by atoms with E-state index in [0.29, 0.717) is 12.6 Å². The lowest BCUT2D eigenvalue weighted by molar-refractivity contribution is 0.619. The molecule has 0 fully saturated rings. The maximum atomic E-state index is 8.25. The minimum Gasteiger partial charge on any atom is -0.311 e. The van der Waals surface area contributed by atoms with E-state index in [1.165, 1.54) is 11.1 Å². The van der Waals surface area contributed by atoms with E-state index in [-0.39, 0.29) is 0 Å². The van der Waals surface area contributed by atoms with Crippen molar-refractivity contribution >= 4 is 0 Å². The zero-order chi connectivity index (χ0) is 14.0. The lowest BCUT2D eigenvalue weighted by atomic mass is 9.88. The molecular weight excluding hydrogens is 248 g/mol. The van der Waals surface area contributed by atoms with E-state index in [1.807, 2.05) is 12.1 Å². The van der Waals surface area contributed by atoms with Crippen molar-refractivity contribution in [1.29, 1.82) is 0 Å². The summed E-state index contributed by atoms with van der Waals surface area (Å²) >= 11 is 0. The average molecular weight is 266 g/mol. The zero-order valence-electron chi connectivity index (χ0n) is 11.3. The Morgan fingerprint density at radius 3 is 2.00 bits per heavy atom. The summed E-state index contributed by atoms with van der Waals surface area (Å²) in [4.78, 5) is 2.73. The topological polar surface area (TPSA) is 60.8 Å². The summed E-state index contributed by atoms with van der Waals surface area (Å²) in [6, 6.07) is 21.0. The molecule has 102 valence electrons. The number of benzene rings is 2. The molecule has 0 saturated heterocycles. The summed E-state index contributed by atoms with van der Waals surface area (Å²) in [6.07, 6.45) is 0.967. The van der Waals surface area contributed by atoms with E-state index in [2.05, 4.69) is 63.9 Å². The van der Waals surface area contributed by atoms with Crippen LogP contribution in [0.3, 0.4) is 0 Å². The fraction of sp³-hybridized carbons (Fsp3) is 0.250. The van der Waals surface area contributed by atoms with Crippen molar-refractivity contribution in [1.82, 2.24) is 5.32 Å². The summed E-state index contributed by atoms with van der Waals surface area (Å²) in [5.74, 6) is 0.357. The quantitative estimate of drug-likeness (QED) is 0.349. The van der Waals surface area contributed by atoms with Gasteiger partial charge in [-0.05, 0) is 29.6 Å². The molecule has 20 heavy (non-hydrogen) atoms. The highest BCUT2D eigenvalue weighted by atomic mass is 15.2. The van der Waals surface area contributed by atoms with Gasteiger partial charge < -0.3 is 5.32 Å². The second-order valence-electron chi connectivity index (χ2n) is 4.55. The molecule has 4 heteroatoms. The van der Waals surface area contributed by atoms with Crippen molar-refractivity contribution in [3.8, 4) is 0 Å². The SMILES string of the molecule is [N-]=[N+]=NCNCCC(c1ccccc1)c1ccccc1. The van der Waals surface area contributed by atoms with Gasteiger partial charge in [-0.1, -0.05) is 65.8 Å². The summed E-state index contributed by atoms with van der Waals surface area (Å²) in [7, 11) is 0. The zero-order valence-corrected chi connectivity index (χ0v) is 11.3. The van der Waals surface area contributed by atoms with Crippen LogP contribution in [0.5, 0.6) is 0 Å². The molecule has 0 radical (unpaired) electrons. The molecule has 2 rings (SSSR count). The van der Waals surface area contributed by atoms with Gasteiger partial charge in [-0.25, -0.2) is 0 Å². The average Bonchev–Trinajstić information content (AvgIpc) is 2.53. The summed E-state index contributed by atoms with van der Waals surface area (Å²) < 4.78 is 0. The fourth-order valence-electron chi connectivity index (χ4n) is 2.30. The third-order valence-electron chi connectivity index (χ3n) is 3.26. The molecule has 0 saturated carbocycles. The number of rotatable bonds is 7. The Bertz CT molecular complexity index is 508. The monoisotopic (exact) mass is 266 g/mol. The number of nitrogens with zero attached hydrogens (tertiary/aromatic N) is 3. The van der Waals surface area contributed by atoms with Crippen molar-refractivity contribution in [3.63, 3.8) is 0 Å². The molecule has 1 N–H and O–H groups in total. The van der Waals surface area contributed by atoms with Crippen LogP contribution in [0, 0.1) is 0 Å². The molecule has 0 heterocycles. The Balaban J connectivity index is 2.07. The number of azide groups is 1. The van der Waals surface area contributed by atoms with Crippen LogP contribution in [0.25, 0.3) is 10.4 Å². The first kappa shape index (κ1) is 14.1. The number of hydrogen-bond donors (Lipinski definition) is 1. The van der Waals surface area contributed by atoms with E-state index in [0.717, 1.165) is 13.0 Å². The third-order valence-corrected chi connectivity index (χ3v) is 3.26. The summed E-state index contributed by atoms with van der Waals surface area (Å²) in [5.41, 5.74) is 10.9. The largest absolute Gasteiger partial charge is 0.311 e. The lowest BCUT2D eigenvalue weighted by Crippen LogP contribution is -2.17. The van der Waals surface area contributed by atoms with Gasteiger partial charge in [0.15, 0.2) is 0 Å². The Morgan fingerprint density at radius 1 is 0.950 bits per heavy atom. The van der Waals surface area contributed by atoms with Gasteiger partial charge in [0.1, 0.15) is 0 Å².